The number of aryl methyl sites for hydroxylation is 1. The van der Waals surface area contributed by atoms with Crippen LogP contribution in [-0.2, 0) is 18.3 Å². The summed E-state index contributed by atoms with van der Waals surface area (Å²) >= 11 is 0. The Labute approximate surface area is 226 Å². The van der Waals surface area contributed by atoms with Crippen LogP contribution in [0.1, 0.15) is 37.1 Å². The lowest BCUT2D eigenvalue weighted by Crippen LogP contribution is -2.27. The van der Waals surface area contributed by atoms with Crippen molar-refractivity contribution >= 4 is 17.4 Å². The van der Waals surface area contributed by atoms with E-state index in [1.165, 1.54) is 17.7 Å². The summed E-state index contributed by atoms with van der Waals surface area (Å²) in [5, 5.41) is 7.80. The van der Waals surface area contributed by atoms with Gasteiger partial charge in [-0.05, 0) is 86.9 Å². The molecule has 1 fully saturated rings. The fourth-order valence-electron chi connectivity index (χ4n) is 5.59. The Balaban J connectivity index is 1.16. The molecule has 0 unspecified atom stereocenters. The molecule has 3 heterocycles. The van der Waals surface area contributed by atoms with Crippen molar-refractivity contribution in [3.63, 3.8) is 0 Å². The second kappa shape index (κ2) is 10.4. The first kappa shape index (κ1) is 25.0. The molecule has 8 heteroatoms. The van der Waals surface area contributed by atoms with Gasteiger partial charge in [-0.3, -0.25) is 4.79 Å². The van der Waals surface area contributed by atoms with Crippen molar-refractivity contribution in [2.75, 3.05) is 5.32 Å². The molecular weight excluding hydrogens is 491 g/mol. The lowest BCUT2D eigenvalue weighted by Gasteiger charge is -2.27. The van der Waals surface area contributed by atoms with Crippen molar-refractivity contribution in [1.29, 1.82) is 0 Å². The third-order valence-electron chi connectivity index (χ3n) is 7.84. The maximum atomic E-state index is 13.5. The van der Waals surface area contributed by atoms with E-state index >= 15 is 0 Å². The molecular formula is C31H31FN6O. The van der Waals surface area contributed by atoms with Crippen molar-refractivity contribution in [3.05, 3.63) is 90.1 Å². The minimum Gasteiger partial charge on any atom is -0.330 e. The minimum atomic E-state index is -0.291. The summed E-state index contributed by atoms with van der Waals surface area (Å²) in [5.74, 6) is 1.68. The maximum absolute atomic E-state index is 13.5. The molecule has 0 atom stereocenters. The third-order valence-corrected chi connectivity index (χ3v) is 7.84. The van der Waals surface area contributed by atoms with Crippen LogP contribution < -0.4 is 5.32 Å². The highest BCUT2D eigenvalue weighted by molar-refractivity contribution is 5.92. The molecule has 3 aromatic heterocycles. The van der Waals surface area contributed by atoms with E-state index < -0.39 is 0 Å². The highest BCUT2D eigenvalue weighted by Gasteiger charge is 2.27. The molecule has 5 aromatic rings. The number of nitrogens with one attached hydrogen (secondary N) is 1. The van der Waals surface area contributed by atoms with E-state index in [9.17, 15) is 9.18 Å². The van der Waals surface area contributed by atoms with Gasteiger partial charge < -0.3 is 9.88 Å². The summed E-state index contributed by atoms with van der Waals surface area (Å²) in [4.78, 5) is 22.3. The number of nitrogens with zero attached hydrogens (tertiary/aromatic N) is 5. The highest BCUT2D eigenvalue weighted by atomic mass is 19.1. The first-order valence-corrected chi connectivity index (χ1v) is 13.5. The number of amides is 1. The van der Waals surface area contributed by atoms with Gasteiger partial charge in [0.25, 0.3) is 0 Å². The third kappa shape index (κ3) is 5.19. The number of imidazole rings is 2. The lowest BCUT2D eigenvalue weighted by atomic mass is 9.79. The predicted octanol–water partition coefficient (Wildman–Crippen LogP) is 6.23. The standard InChI is InChI=1S/C31H31FN6O/c1-20-33-29(23-12-14-25(32)15-13-23)30(37(20)2)26-16-17-28-34-27(19-38(28)36-26)35-31(39)24-10-8-22(9-11-24)18-21-6-4-3-5-7-21/h3-7,12-17,19,22,24H,8-11,18H2,1-2H3,(H,35,39). The Morgan fingerprint density at radius 1 is 0.974 bits per heavy atom. The first-order chi connectivity index (χ1) is 18.9. The van der Waals surface area contributed by atoms with Crippen molar-refractivity contribution in [2.45, 2.75) is 39.0 Å². The van der Waals surface area contributed by atoms with Crippen LogP contribution in [-0.4, -0.2) is 30.1 Å². The van der Waals surface area contributed by atoms with Crippen molar-refractivity contribution in [3.8, 4) is 22.6 Å². The van der Waals surface area contributed by atoms with Gasteiger partial charge in [0.15, 0.2) is 11.5 Å². The summed E-state index contributed by atoms with van der Waals surface area (Å²) < 4.78 is 17.2. The summed E-state index contributed by atoms with van der Waals surface area (Å²) in [6.45, 7) is 1.93. The number of carbonyl (C=O) groups is 1. The zero-order valence-electron chi connectivity index (χ0n) is 22.1. The summed E-state index contributed by atoms with van der Waals surface area (Å²) in [7, 11) is 1.94. The summed E-state index contributed by atoms with van der Waals surface area (Å²) in [5.41, 5.74) is 5.09. The van der Waals surface area contributed by atoms with Crippen LogP contribution in [0.4, 0.5) is 10.2 Å². The fraction of sp³-hybridized carbons (Fsp3) is 0.290. The number of hydrogen-bond acceptors (Lipinski definition) is 4. The van der Waals surface area contributed by atoms with E-state index in [2.05, 4.69) is 34.6 Å². The van der Waals surface area contributed by atoms with Crippen LogP contribution in [0.2, 0.25) is 0 Å². The molecule has 39 heavy (non-hydrogen) atoms. The molecule has 0 aliphatic heterocycles. The van der Waals surface area contributed by atoms with Gasteiger partial charge in [-0.15, -0.1) is 0 Å². The SMILES string of the molecule is Cc1nc(-c2ccc(F)cc2)c(-c2ccc3nc(NC(=O)C4CCC(Cc5ccccc5)CC4)cn3n2)n1C. The molecule has 6 rings (SSSR count). The van der Waals surface area contributed by atoms with Gasteiger partial charge >= 0.3 is 0 Å². The second-order valence-electron chi connectivity index (χ2n) is 10.5. The average Bonchev–Trinajstić information content (AvgIpc) is 3.48. The van der Waals surface area contributed by atoms with Crippen LogP contribution in [0.3, 0.4) is 0 Å². The molecule has 1 saturated carbocycles. The van der Waals surface area contributed by atoms with E-state index in [1.54, 1.807) is 22.8 Å². The van der Waals surface area contributed by atoms with Gasteiger partial charge in [0.2, 0.25) is 5.91 Å². The normalized spacial score (nSPS) is 17.4. The zero-order chi connectivity index (χ0) is 26.9. The Kier molecular flexibility index (Phi) is 6.69. The van der Waals surface area contributed by atoms with E-state index in [1.807, 2.05) is 36.7 Å². The van der Waals surface area contributed by atoms with Gasteiger partial charge in [-0.2, -0.15) is 5.10 Å². The maximum Gasteiger partial charge on any atom is 0.228 e. The van der Waals surface area contributed by atoms with Crippen LogP contribution in [0, 0.1) is 24.6 Å². The molecule has 198 valence electrons. The molecule has 0 saturated heterocycles. The van der Waals surface area contributed by atoms with Gasteiger partial charge in [-0.1, -0.05) is 30.3 Å². The zero-order valence-corrected chi connectivity index (χ0v) is 22.1. The van der Waals surface area contributed by atoms with Crippen molar-refractivity contribution in [1.82, 2.24) is 24.1 Å². The molecule has 0 spiro atoms. The largest absolute Gasteiger partial charge is 0.330 e. The Bertz CT molecular complexity index is 1610. The topological polar surface area (TPSA) is 77.1 Å². The van der Waals surface area contributed by atoms with Crippen LogP contribution in [0.15, 0.2) is 72.9 Å². The molecule has 7 nitrogen and oxygen atoms in total. The molecule has 1 amide bonds. The molecule has 1 aliphatic carbocycles. The number of benzene rings is 2. The average molecular weight is 523 g/mol. The molecule has 0 bridgehead atoms. The smallest absolute Gasteiger partial charge is 0.228 e. The Morgan fingerprint density at radius 3 is 2.46 bits per heavy atom. The van der Waals surface area contributed by atoms with Gasteiger partial charge in [0, 0.05) is 18.5 Å². The van der Waals surface area contributed by atoms with Gasteiger partial charge in [-0.25, -0.2) is 18.9 Å². The Morgan fingerprint density at radius 2 is 1.72 bits per heavy atom. The highest BCUT2D eigenvalue weighted by Crippen LogP contribution is 2.33. The van der Waals surface area contributed by atoms with Gasteiger partial charge in [0.1, 0.15) is 17.3 Å². The molecule has 1 aliphatic rings. The number of rotatable bonds is 6. The van der Waals surface area contributed by atoms with Crippen LogP contribution >= 0.6 is 0 Å². The molecule has 0 radical (unpaired) electrons. The Hall–Kier alpha value is -4.33. The fourth-order valence-corrected chi connectivity index (χ4v) is 5.59. The molecule has 2 aromatic carbocycles. The number of hydrogen-bond donors (Lipinski definition) is 1. The minimum absolute atomic E-state index is 0.000964. The van der Waals surface area contributed by atoms with E-state index in [0.717, 1.165) is 54.9 Å². The summed E-state index contributed by atoms with van der Waals surface area (Å²) in [6, 6.07) is 20.7. The van der Waals surface area contributed by atoms with E-state index in [4.69, 9.17) is 10.1 Å². The molecule has 1 N–H and O–H groups in total. The summed E-state index contributed by atoms with van der Waals surface area (Å²) in [6.07, 6.45) is 6.73. The lowest BCUT2D eigenvalue weighted by molar-refractivity contribution is -0.121. The number of fused-ring (bicyclic) bond motifs is 1. The van der Waals surface area contributed by atoms with Crippen molar-refractivity contribution < 1.29 is 9.18 Å². The number of aromatic nitrogens is 5. The van der Waals surface area contributed by atoms with Crippen LogP contribution in [0.25, 0.3) is 28.3 Å². The number of anilines is 1. The number of halogens is 1. The van der Waals surface area contributed by atoms with Crippen LogP contribution in [0.5, 0.6) is 0 Å². The monoisotopic (exact) mass is 522 g/mol. The van der Waals surface area contributed by atoms with E-state index in [-0.39, 0.29) is 17.6 Å². The second-order valence-corrected chi connectivity index (χ2v) is 10.5. The van der Waals surface area contributed by atoms with E-state index in [0.29, 0.717) is 23.1 Å². The van der Waals surface area contributed by atoms with Crippen molar-refractivity contribution in [2.24, 2.45) is 18.9 Å². The van der Waals surface area contributed by atoms with Gasteiger partial charge in [0.05, 0.1) is 17.6 Å². The number of carbonyl (C=O) groups excluding carboxylic acids is 1. The quantitative estimate of drug-likeness (QED) is 0.287. The predicted molar refractivity (Wildman–Crippen MR) is 150 cm³/mol. The first-order valence-electron chi connectivity index (χ1n) is 13.5.